The first-order valence-electron chi connectivity index (χ1n) is 11.5. The maximum atomic E-state index is 13.4. The highest BCUT2D eigenvalue weighted by molar-refractivity contribution is 7.17. The van der Waals surface area contributed by atoms with Crippen molar-refractivity contribution < 1.29 is 34.1 Å². The van der Waals surface area contributed by atoms with Crippen LogP contribution in [0.5, 0.6) is 11.5 Å². The number of ether oxygens (including phenoxy) is 2. The number of amides is 1. The number of hydrogen-bond donors (Lipinski definition) is 2. The minimum atomic E-state index is -1.10. The summed E-state index contributed by atoms with van der Waals surface area (Å²) in [5.41, 5.74) is 2.59. The number of thiazole rings is 1. The first-order valence-corrected chi connectivity index (χ1v) is 12.3. The third kappa shape index (κ3) is 4.55. The highest BCUT2D eigenvalue weighted by Gasteiger charge is 2.48. The Morgan fingerprint density at radius 3 is 2.54 bits per heavy atom. The zero-order valence-corrected chi connectivity index (χ0v) is 21.8. The third-order valence-corrected chi connectivity index (χ3v) is 7.19. The fraction of sp³-hybridized carbons (Fsp3) is 0.259. The average molecular weight is 523 g/mol. The Bertz CT molecular complexity index is 1460. The van der Waals surface area contributed by atoms with Crippen LogP contribution in [0, 0.1) is 20.8 Å². The maximum Gasteiger partial charge on any atom is 0.350 e. The summed E-state index contributed by atoms with van der Waals surface area (Å²) in [6.45, 7) is 7.27. The van der Waals surface area contributed by atoms with E-state index in [1.165, 1.54) is 19.2 Å². The number of aliphatic hydroxyl groups excluding tert-OH is 1. The molecule has 2 aromatic carbocycles. The summed E-state index contributed by atoms with van der Waals surface area (Å²) in [4.78, 5) is 44.8. The number of phenols is 1. The Balaban J connectivity index is 1.99. The van der Waals surface area contributed by atoms with Crippen LogP contribution >= 0.6 is 11.3 Å². The highest BCUT2D eigenvalue weighted by Crippen LogP contribution is 2.45. The lowest BCUT2D eigenvalue weighted by atomic mass is 9.93. The van der Waals surface area contributed by atoms with E-state index in [2.05, 4.69) is 4.98 Å². The van der Waals surface area contributed by atoms with Gasteiger partial charge in [0.05, 0.1) is 31.0 Å². The van der Waals surface area contributed by atoms with Gasteiger partial charge in [-0.15, -0.1) is 0 Å². The molecule has 3 aromatic rings. The molecule has 37 heavy (non-hydrogen) atoms. The second kappa shape index (κ2) is 10.1. The van der Waals surface area contributed by atoms with Crippen molar-refractivity contribution in [2.75, 3.05) is 18.6 Å². The van der Waals surface area contributed by atoms with E-state index in [1.54, 1.807) is 32.9 Å². The fourth-order valence-corrected chi connectivity index (χ4v) is 5.23. The van der Waals surface area contributed by atoms with Crippen LogP contribution in [-0.4, -0.2) is 46.6 Å². The predicted octanol–water partition coefficient (Wildman–Crippen LogP) is 4.59. The molecular formula is C27H26N2O7S. The number of aliphatic hydroxyl groups is 1. The first-order chi connectivity index (χ1) is 17.6. The summed E-state index contributed by atoms with van der Waals surface area (Å²) < 4.78 is 10.3. The first kappa shape index (κ1) is 25.9. The molecule has 0 saturated carbocycles. The van der Waals surface area contributed by atoms with Gasteiger partial charge in [-0.3, -0.25) is 14.5 Å². The Labute approximate surface area is 217 Å². The number of benzene rings is 2. The molecule has 9 nitrogen and oxygen atoms in total. The number of nitrogens with zero attached hydrogens (tertiary/aromatic N) is 2. The lowest BCUT2D eigenvalue weighted by molar-refractivity contribution is -0.132. The van der Waals surface area contributed by atoms with Crippen LogP contribution in [0.2, 0.25) is 0 Å². The van der Waals surface area contributed by atoms with Gasteiger partial charge in [0.2, 0.25) is 0 Å². The molecule has 192 valence electrons. The minimum absolute atomic E-state index is 0.0936. The molecule has 2 N–H and O–H groups in total. The van der Waals surface area contributed by atoms with Crippen LogP contribution in [0.4, 0.5) is 5.13 Å². The second-order valence-corrected chi connectivity index (χ2v) is 9.53. The van der Waals surface area contributed by atoms with Crippen LogP contribution < -0.4 is 9.64 Å². The average Bonchev–Trinajstić information content (AvgIpc) is 3.38. The summed E-state index contributed by atoms with van der Waals surface area (Å²) in [7, 11) is 1.24. The van der Waals surface area contributed by atoms with Crippen molar-refractivity contribution in [3.8, 4) is 11.5 Å². The standard InChI is InChI=1S/C27H26N2O7S/c1-6-36-19-12-16(9-10-18(19)30)21-20(22(31)17-11-13(2)7-8-14(17)3)23(32)25(33)29(21)27-28-15(4)24(37-27)26(34)35-5/h7-12,21,30-31H,6H2,1-5H3. The predicted molar refractivity (Wildman–Crippen MR) is 138 cm³/mol. The molecule has 0 bridgehead atoms. The quantitative estimate of drug-likeness (QED) is 0.208. The molecular weight excluding hydrogens is 496 g/mol. The van der Waals surface area contributed by atoms with Gasteiger partial charge in [0.15, 0.2) is 16.6 Å². The van der Waals surface area contributed by atoms with E-state index < -0.39 is 23.7 Å². The van der Waals surface area contributed by atoms with Gasteiger partial charge in [-0.2, -0.15) is 0 Å². The second-order valence-electron chi connectivity index (χ2n) is 8.55. The lowest BCUT2D eigenvalue weighted by Gasteiger charge is -2.24. The van der Waals surface area contributed by atoms with Gasteiger partial charge in [-0.25, -0.2) is 9.78 Å². The van der Waals surface area contributed by atoms with Crippen molar-refractivity contribution in [2.45, 2.75) is 33.7 Å². The normalized spacial score (nSPS) is 16.8. The monoisotopic (exact) mass is 522 g/mol. The van der Waals surface area contributed by atoms with Crippen LogP contribution in [0.15, 0.2) is 42.0 Å². The number of phenolic OH excluding ortho intramolecular Hbond substituents is 1. The summed E-state index contributed by atoms with van der Waals surface area (Å²) in [5.74, 6) is -2.72. The van der Waals surface area contributed by atoms with E-state index in [1.807, 2.05) is 19.1 Å². The number of carbonyl (C=O) groups is 3. The van der Waals surface area contributed by atoms with E-state index in [4.69, 9.17) is 9.47 Å². The summed E-state index contributed by atoms with van der Waals surface area (Å²) >= 11 is 0.909. The van der Waals surface area contributed by atoms with Crippen LogP contribution in [0.1, 0.15) is 50.6 Å². The van der Waals surface area contributed by atoms with E-state index in [0.29, 0.717) is 22.4 Å². The van der Waals surface area contributed by atoms with E-state index in [0.717, 1.165) is 21.8 Å². The van der Waals surface area contributed by atoms with Gasteiger partial charge in [-0.1, -0.05) is 35.1 Å². The van der Waals surface area contributed by atoms with Crippen molar-refractivity contribution in [1.82, 2.24) is 4.98 Å². The van der Waals surface area contributed by atoms with Crippen LogP contribution in [0.25, 0.3) is 5.76 Å². The molecule has 10 heteroatoms. The number of hydrogen-bond acceptors (Lipinski definition) is 9. The molecule has 4 rings (SSSR count). The van der Waals surface area contributed by atoms with E-state index in [-0.39, 0.29) is 39.4 Å². The van der Waals surface area contributed by atoms with Crippen LogP contribution in [0.3, 0.4) is 0 Å². The number of carbonyl (C=O) groups excluding carboxylic acids is 3. The zero-order chi connectivity index (χ0) is 27.0. The number of aromatic nitrogens is 1. The largest absolute Gasteiger partial charge is 0.507 e. The van der Waals surface area contributed by atoms with Crippen molar-refractivity contribution in [3.05, 3.63) is 74.8 Å². The number of aryl methyl sites for hydroxylation is 3. The van der Waals surface area contributed by atoms with E-state index in [9.17, 15) is 24.6 Å². The number of aromatic hydroxyl groups is 1. The Kier molecular flexibility index (Phi) is 7.04. The molecule has 1 aliphatic heterocycles. The van der Waals surface area contributed by atoms with Gasteiger partial charge in [-0.05, 0) is 57.0 Å². The van der Waals surface area contributed by atoms with Gasteiger partial charge >= 0.3 is 11.9 Å². The van der Waals surface area contributed by atoms with Crippen molar-refractivity contribution in [2.24, 2.45) is 0 Å². The van der Waals surface area contributed by atoms with Gasteiger partial charge < -0.3 is 19.7 Å². The number of esters is 1. The SMILES string of the molecule is CCOc1cc(C2C(=C(O)c3cc(C)ccc3C)C(=O)C(=O)N2c2nc(C)c(C(=O)OC)s2)ccc1O. The molecule has 1 aromatic heterocycles. The van der Waals surface area contributed by atoms with Crippen LogP contribution in [-0.2, 0) is 14.3 Å². The number of anilines is 1. The number of methoxy groups -OCH3 is 1. The molecule has 1 aliphatic rings. The van der Waals surface area contributed by atoms with Crippen molar-refractivity contribution >= 4 is 39.9 Å². The topological polar surface area (TPSA) is 126 Å². The fourth-order valence-electron chi connectivity index (χ4n) is 4.22. The van der Waals surface area contributed by atoms with Crippen molar-refractivity contribution in [3.63, 3.8) is 0 Å². The zero-order valence-electron chi connectivity index (χ0n) is 21.0. The minimum Gasteiger partial charge on any atom is -0.507 e. The smallest absolute Gasteiger partial charge is 0.350 e. The lowest BCUT2D eigenvalue weighted by Crippen LogP contribution is -2.29. The number of rotatable bonds is 6. The third-order valence-electron chi connectivity index (χ3n) is 6.05. The number of ketones is 1. The van der Waals surface area contributed by atoms with Gasteiger partial charge in [0.1, 0.15) is 10.6 Å². The van der Waals surface area contributed by atoms with Gasteiger partial charge in [0.25, 0.3) is 5.78 Å². The number of Topliss-reactive ketones (excluding diaryl/α,β-unsaturated/α-hetero) is 1. The summed E-state index contributed by atoms with van der Waals surface area (Å²) in [6, 6.07) is 8.78. The molecule has 0 radical (unpaired) electrons. The highest BCUT2D eigenvalue weighted by atomic mass is 32.1. The molecule has 1 fully saturated rings. The summed E-state index contributed by atoms with van der Waals surface area (Å²) in [5, 5.41) is 21.8. The molecule has 1 amide bonds. The Morgan fingerprint density at radius 1 is 1.14 bits per heavy atom. The summed E-state index contributed by atoms with van der Waals surface area (Å²) in [6.07, 6.45) is 0. The molecule has 1 atom stereocenters. The molecule has 0 aliphatic carbocycles. The molecule has 1 saturated heterocycles. The Morgan fingerprint density at radius 2 is 1.86 bits per heavy atom. The molecule has 0 spiro atoms. The maximum absolute atomic E-state index is 13.4. The van der Waals surface area contributed by atoms with E-state index >= 15 is 0 Å². The molecule has 2 heterocycles. The van der Waals surface area contributed by atoms with Crippen molar-refractivity contribution in [1.29, 1.82) is 0 Å². The van der Waals surface area contributed by atoms with Gasteiger partial charge in [0, 0.05) is 5.56 Å². The Hall–Kier alpha value is -4.18. The molecule has 1 unspecified atom stereocenters.